The van der Waals surface area contributed by atoms with Gasteiger partial charge in [-0.1, -0.05) is 63.6 Å². The van der Waals surface area contributed by atoms with Crippen molar-refractivity contribution >= 4 is 11.9 Å². The number of aliphatic carboxylic acids is 2. The summed E-state index contributed by atoms with van der Waals surface area (Å²) in [5.74, 6) is -1.88. The van der Waals surface area contributed by atoms with E-state index < -0.39 is 22.8 Å². The van der Waals surface area contributed by atoms with Crippen molar-refractivity contribution in [2.24, 2.45) is 0 Å². The van der Waals surface area contributed by atoms with Gasteiger partial charge in [0.2, 0.25) is 0 Å². The van der Waals surface area contributed by atoms with Crippen molar-refractivity contribution in [2.45, 2.75) is 96.8 Å². The zero-order valence-corrected chi connectivity index (χ0v) is 17.6. The molecule has 0 aliphatic heterocycles. The lowest BCUT2D eigenvalue weighted by Crippen LogP contribution is -2.37. The van der Waals surface area contributed by atoms with Crippen LogP contribution in [-0.2, 0) is 26.8 Å². The molecule has 0 atom stereocenters. The molecular weight excluding hydrogens is 340 g/mol. The first-order valence-electron chi connectivity index (χ1n) is 10.2. The summed E-state index contributed by atoms with van der Waals surface area (Å²) in [5, 5.41) is 19.5. The van der Waals surface area contributed by atoms with Crippen LogP contribution in [0, 0.1) is 0 Å². The molecule has 0 aromatic heterocycles. The molecule has 0 aliphatic carbocycles. The second-order valence-electron chi connectivity index (χ2n) is 8.57. The summed E-state index contributed by atoms with van der Waals surface area (Å²) in [7, 11) is 0. The molecule has 1 rings (SSSR count). The van der Waals surface area contributed by atoms with Crippen LogP contribution in [0.2, 0.25) is 0 Å². The topological polar surface area (TPSA) is 74.6 Å². The van der Waals surface area contributed by atoms with Crippen molar-refractivity contribution < 1.29 is 19.8 Å². The quantitative estimate of drug-likeness (QED) is 0.459. The van der Waals surface area contributed by atoms with Gasteiger partial charge in [0.05, 0.1) is 10.8 Å². The maximum Gasteiger partial charge on any atom is 0.313 e. The van der Waals surface area contributed by atoms with Crippen LogP contribution in [0.3, 0.4) is 0 Å². The van der Waals surface area contributed by atoms with Crippen LogP contribution in [0.4, 0.5) is 0 Å². The van der Waals surface area contributed by atoms with Crippen LogP contribution in [0.25, 0.3) is 0 Å². The first kappa shape index (κ1) is 23.2. The van der Waals surface area contributed by atoms with Gasteiger partial charge in [-0.25, -0.2) is 0 Å². The summed E-state index contributed by atoms with van der Waals surface area (Å²) < 4.78 is 0. The Morgan fingerprint density at radius 3 is 1.85 bits per heavy atom. The van der Waals surface area contributed by atoms with Gasteiger partial charge in [0, 0.05) is 0 Å². The molecule has 2 N–H and O–H groups in total. The van der Waals surface area contributed by atoms with E-state index in [4.69, 9.17) is 0 Å². The number of rotatable bonds is 12. The van der Waals surface area contributed by atoms with Gasteiger partial charge < -0.3 is 10.2 Å². The van der Waals surface area contributed by atoms with Gasteiger partial charge in [-0.05, 0) is 57.2 Å². The number of carbonyl (C=O) groups is 2. The van der Waals surface area contributed by atoms with E-state index in [0.717, 1.165) is 24.8 Å². The van der Waals surface area contributed by atoms with E-state index in [2.05, 4.69) is 6.92 Å². The fourth-order valence-corrected chi connectivity index (χ4v) is 3.56. The number of hydrogen-bond acceptors (Lipinski definition) is 2. The van der Waals surface area contributed by atoms with Gasteiger partial charge >= 0.3 is 11.9 Å². The highest BCUT2D eigenvalue weighted by Crippen LogP contribution is 2.37. The molecule has 1 aromatic carbocycles. The van der Waals surface area contributed by atoms with Crippen molar-refractivity contribution in [2.75, 3.05) is 0 Å². The fourth-order valence-electron chi connectivity index (χ4n) is 3.56. The molecule has 27 heavy (non-hydrogen) atoms. The minimum Gasteiger partial charge on any atom is -0.481 e. The van der Waals surface area contributed by atoms with Gasteiger partial charge in [-0.15, -0.1) is 0 Å². The maximum atomic E-state index is 12.0. The van der Waals surface area contributed by atoms with Gasteiger partial charge in [0.1, 0.15) is 0 Å². The molecule has 0 aliphatic rings. The molecule has 152 valence electrons. The summed E-state index contributed by atoms with van der Waals surface area (Å²) in [6, 6.07) is 5.58. The standard InChI is InChI=1S/C23H36O4/c1-6-7-8-9-10-11-12-14-17-15-13-16-18(22(2,3)20(24)25)19(17)23(4,5)21(26)27/h13,15-16H,6-12,14H2,1-5H3,(H,24,25)(H,26,27). The highest BCUT2D eigenvalue weighted by atomic mass is 16.4. The van der Waals surface area contributed by atoms with E-state index in [1.165, 1.54) is 32.1 Å². The van der Waals surface area contributed by atoms with Crippen LogP contribution in [0.1, 0.15) is 96.3 Å². The van der Waals surface area contributed by atoms with Crippen molar-refractivity contribution in [3.8, 4) is 0 Å². The minimum absolute atomic E-state index is 0.600. The number of unbranched alkanes of at least 4 members (excludes halogenated alkanes) is 6. The molecule has 0 fully saturated rings. The highest BCUT2D eigenvalue weighted by molar-refractivity contribution is 5.85. The summed E-state index contributed by atoms with van der Waals surface area (Å²) >= 11 is 0. The zero-order valence-electron chi connectivity index (χ0n) is 17.6. The number of carboxylic acid groups (broad SMARTS) is 2. The highest BCUT2D eigenvalue weighted by Gasteiger charge is 2.40. The van der Waals surface area contributed by atoms with Crippen molar-refractivity contribution in [3.63, 3.8) is 0 Å². The van der Waals surface area contributed by atoms with Crippen molar-refractivity contribution in [3.05, 3.63) is 34.9 Å². The van der Waals surface area contributed by atoms with Crippen molar-refractivity contribution in [1.82, 2.24) is 0 Å². The normalized spacial score (nSPS) is 12.2. The lowest BCUT2D eigenvalue weighted by Gasteiger charge is -2.32. The Labute approximate surface area is 164 Å². The summed E-state index contributed by atoms with van der Waals surface area (Å²) in [5.41, 5.74) is -0.0562. The second kappa shape index (κ2) is 9.91. The maximum absolute atomic E-state index is 12.0. The fraction of sp³-hybridized carbons (Fsp3) is 0.652. The summed E-state index contributed by atoms with van der Waals surface area (Å²) in [6.07, 6.45) is 9.11. The van der Waals surface area contributed by atoms with E-state index in [-0.39, 0.29) is 0 Å². The lowest BCUT2D eigenvalue weighted by molar-refractivity contribution is -0.144. The molecule has 4 nitrogen and oxygen atoms in total. The third-order valence-corrected chi connectivity index (χ3v) is 5.57. The molecule has 0 heterocycles. The SMILES string of the molecule is CCCCCCCCCc1cccc(C(C)(C)C(=O)O)c1C(C)(C)C(=O)O. The van der Waals surface area contributed by atoms with Gasteiger partial charge in [0.25, 0.3) is 0 Å². The predicted molar refractivity (Wildman–Crippen MR) is 109 cm³/mol. The van der Waals surface area contributed by atoms with Crippen LogP contribution in [0.15, 0.2) is 18.2 Å². The Morgan fingerprint density at radius 2 is 1.33 bits per heavy atom. The van der Waals surface area contributed by atoms with E-state index in [9.17, 15) is 19.8 Å². The lowest BCUT2D eigenvalue weighted by atomic mass is 9.71. The molecule has 0 unspecified atom stereocenters. The van der Waals surface area contributed by atoms with Crippen LogP contribution < -0.4 is 0 Å². The number of aryl methyl sites for hydroxylation is 1. The number of benzene rings is 1. The van der Waals surface area contributed by atoms with Crippen LogP contribution in [0.5, 0.6) is 0 Å². The molecular formula is C23H36O4. The first-order valence-corrected chi connectivity index (χ1v) is 10.2. The zero-order chi connectivity index (χ0) is 20.7. The van der Waals surface area contributed by atoms with Crippen LogP contribution >= 0.6 is 0 Å². The molecule has 4 heteroatoms. The largest absolute Gasteiger partial charge is 0.481 e. The van der Waals surface area contributed by atoms with E-state index in [0.29, 0.717) is 11.1 Å². The average molecular weight is 377 g/mol. The monoisotopic (exact) mass is 376 g/mol. The Kier molecular flexibility index (Phi) is 8.52. The Morgan fingerprint density at radius 1 is 0.815 bits per heavy atom. The summed E-state index contributed by atoms with van der Waals surface area (Å²) in [6.45, 7) is 8.82. The Hall–Kier alpha value is -1.84. The van der Waals surface area contributed by atoms with E-state index in [1.54, 1.807) is 33.8 Å². The second-order valence-corrected chi connectivity index (χ2v) is 8.57. The minimum atomic E-state index is -1.14. The molecule has 0 saturated heterocycles. The Bertz CT molecular complexity index is 644. The average Bonchev–Trinajstić information content (AvgIpc) is 2.60. The Balaban J connectivity index is 3.11. The van der Waals surface area contributed by atoms with E-state index >= 15 is 0 Å². The van der Waals surface area contributed by atoms with E-state index in [1.807, 2.05) is 12.1 Å². The van der Waals surface area contributed by atoms with Gasteiger partial charge in [-0.2, -0.15) is 0 Å². The smallest absolute Gasteiger partial charge is 0.313 e. The first-order chi connectivity index (χ1) is 12.6. The molecule has 0 saturated carbocycles. The van der Waals surface area contributed by atoms with Crippen molar-refractivity contribution in [1.29, 1.82) is 0 Å². The molecule has 0 amide bonds. The molecule has 0 bridgehead atoms. The molecule has 0 spiro atoms. The molecule has 0 radical (unpaired) electrons. The summed E-state index contributed by atoms with van der Waals surface area (Å²) in [4.78, 5) is 23.8. The van der Waals surface area contributed by atoms with Gasteiger partial charge in [-0.3, -0.25) is 9.59 Å². The predicted octanol–water partition coefficient (Wildman–Crippen LogP) is 5.70. The van der Waals surface area contributed by atoms with Crippen LogP contribution in [-0.4, -0.2) is 22.2 Å². The molecule has 1 aromatic rings. The third-order valence-electron chi connectivity index (χ3n) is 5.57. The van der Waals surface area contributed by atoms with Gasteiger partial charge in [0.15, 0.2) is 0 Å². The third kappa shape index (κ3) is 5.82. The number of hydrogen-bond donors (Lipinski definition) is 2. The number of carboxylic acids is 2.